The number of benzene rings is 1. The Morgan fingerprint density at radius 3 is 2.68 bits per heavy atom. The second-order valence-electron chi connectivity index (χ2n) is 5.12. The van der Waals surface area contributed by atoms with Crippen molar-refractivity contribution in [2.75, 3.05) is 31.6 Å². The minimum atomic E-state index is -3.93. The fourth-order valence-electron chi connectivity index (χ4n) is 2.30. The summed E-state index contributed by atoms with van der Waals surface area (Å²) in [5, 5.41) is 2.86. The summed E-state index contributed by atoms with van der Waals surface area (Å²) in [6, 6.07) is 3.39. The number of anilines is 2. The van der Waals surface area contributed by atoms with Crippen molar-refractivity contribution in [2.24, 2.45) is 0 Å². The molecule has 0 radical (unpaired) electrons. The van der Waals surface area contributed by atoms with Gasteiger partial charge in [-0.25, -0.2) is 17.8 Å². The second kappa shape index (κ2) is 7.38. The van der Waals surface area contributed by atoms with Gasteiger partial charge in [-0.1, -0.05) is 11.6 Å². The molecule has 11 heteroatoms. The summed E-state index contributed by atoms with van der Waals surface area (Å²) < 4.78 is 45.9. The normalized spacial score (nSPS) is 16.0. The van der Waals surface area contributed by atoms with Crippen molar-refractivity contribution in [3.05, 3.63) is 40.5 Å². The zero-order chi connectivity index (χ0) is 18.0. The first-order valence-electron chi connectivity index (χ1n) is 7.20. The van der Waals surface area contributed by atoms with Gasteiger partial charge in [0.15, 0.2) is 5.82 Å². The van der Waals surface area contributed by atoms with E-state index in [1.54, 1.807) is 0 Å². The van der Waals surface area contributed by atoms with E-state index in [9.17, 15) is 12.8 Å². The average molecular weight is 407 g/mol. The largest absolute Gasteiger partial charge is 0.379 e. The molecule has 1 fully saturated rings. The summed E-state index contributed by atoms with van der Waals surface area (Å²) in [7, 11) is -3.93. The maximum atomic E-state index is 13.7. The molecule has 25 heavy (non-hydrogen) atoms. The standard InChI is InChI=1S/C14H13Cl2FN4O3S/c15-10-8-18-14(16)20-13(10)19-11-2-1-9(17)7-12(11)25(22,23)21-3-5-24-6-4-21/h1-2,7-8H,3-6H2,(H,18,19,20). The highest BCUT2D eigenvalue weighted by molar-refractivity contribution is 7.89. The third-order valence-corrected chi connectivity index (χ3v) is 5.90. The van der Waals surface area contributed by atoms with E-state index in [-0.39, 0.29) is 53.0 Å². The lowest BCUT2D eigenvalue weighted by molar-refractivity contribution is 0.0730. The molecule has 1 saturated heterocycles. The summed E-state index contributed by atoms with van der Waals surface area (Å²) in [5.41, 5.74) is 0.129. The summed E-state index contributed by atoms with van der Waals surface area (Å²) in [6.07, 6.45) is 1.28. The summed E-state index contributed by atoms with van der Waals surface area (Å²) in [6.45, 7) is 0.950. The smallest absolute Gasteiger partial charge is 0.245 e. The minimum Gasteiger partial charge on any atom is -0.379 e. The van der Waals surface area contributed by atoms with Crippen LogP contribution in [0.1, 0.15) is 0 Å². The van der Waals surface area contributed by atoms with Gasteiger partial charge in [-0.3, -0.25) is 0 Å². The van der Waals surface area contributed by atoms with E-state index < -0.39 is 15.8 Å². The molecule has 1 aromatic heterocycles. The van der Waals surface area contributed by atoms with Crippen LogP contribution in [0.3, 0.4) is 0 Å². The molecule has 0 saturated carbocycles. The highest BCUT2D eigenvalue weighted by Crippen LogP contribution is 2.31. The van der Waals surface area contributed by atoms with E-state index in [1.165, 1.54) is 16.6 Å². The van der Waals surface area contributed by atoms with Gasteiger partial charge in [0.2, 0.25) is 15.3 Å². The molecule has 1 aliphatic heterocycles. The fourth-order valence-corrected chi connectivity index (χ4v) is 4.14. The van der Waals surface area contributed by atoms with Gasteiger partial charge >= 0.3 is 0 Å². The molecule has 0 aliphatic carbocycles. The zero-order valence-corrected chi connectivity index (χ0v) is 15.1. The number of hydrogen-bond acceptors (Lipinski definition) is 6. The molecule has 2 heterocycles. The van der Waals surface area contributed by atoms with Gasteiger partial charge < -0.3 is 10.1 Å². The molecule has 2 aromatic rings. The first-order chi connectivity index (χ1) is 11.9. The van der Waals surface area contributed by atoms with Gasteiger partial charge in [-0.15, -0.1) is 0 Å². The highest BCUT2D eigenvalue weighted by atomic mass is 35.5. The molecule has 7 nitrogen and oxygen atoms in total. The van der Waals surface area contributed by atoms with Crippen molar-refractivity contribution < 1.29 is 17.5 Å². The number of morpholine rings is 1. The number of ether oxygens (including phenoxy) is 1. The number of nitrogens with zero attached hydrogens (tertiary/aromatic N) is 3. The average Bonchev–Trinajstić information content (AvgIpc) is 2.60. The molecule has 0 amide bonds. The first-order valence-corrected chi connectivity index (χ1v) is 9.40. The Bertz CT molecular complexity index is 892. The van der Waals surface area contributed by atoms with Crippen LogP contribution in [0, 0.1) is 5.82 Å². The zero-order valence-electron chi connectivity index (χ0n) is 12.7. The number of rotatable bonds is 4. The summed E-state index contributed by atoms with van der Waals surface area (Å²) in [4.78, 5) is 7.41. The number of sulfonamides is 1. The van der Waals surface area contributed by atoms with Gasteiger partial charge in [0.25, 0.3) is 0 Å². The quantitative estimate of drug-likeness (QED) is 0.785. The van der Waals surface area contributed by atoms with Gasteiger partial charge in [-0.2, -0.15) is 9.29 Å². The van der Waals surface area contributed by atoms with Crippen LogP contribution in [0.25, 0.3) is 0 Å². The number of nitrogens with one attached hydrogen (secondary N) is 1. The van der Waals surface area contributed by atoms with Gasteiger partial charge in [0, 0.05) is 13.1 Å². The van der Waals surface area contributed by atoms with Crippen LogP contribution >= 0.6 is 23.2 Å². The molecule has 0 unspecified atom stereocenters. The van der Waals surface area contributed by atoms with Gasteiger partial charge in [0.05, 0.1) is 25.1 Å². The highest BCUT2D eigenvalue weighted by Gasteiger charge is 2.29. The molecule has 0 spiro atoms. The van der Waals surface area contributed by atoms with Crippen LogP contribution in [-0.4, -0.2) is 49.0 Å². The van der Waals surface area contributed by atoms with Crippen LogP contribution < -0.4 is 5.32 Å². The SMILES string of the molecule is O=S(=O)(c1cc(F)ccc1Nc1nc(Cl)ncc1Cl)N1CCOCC1. The molecular weight excluding hydrogens is 394 g/mol. The van der Waals surface area contributed by atoms with Crippen LogP contribution in [-0.2, 0) is 14.8 Å². The van der Waals surface area contributed by atoms with Crippen molar-refractivity contribution in [1.29, 1.82) is 0 Å². The van der Waals surface area contributed by atoms with Crippen molar-refractivity contribution in [2.45, 2.75) is 4.90 Å². The fraction of sp³-hybridized carbons (Fsp3) is 0.286. The van der Waals surface area contributed by atoms with E-state index in [0.29, 0.717) is 0 Å². The van der Waals surface area contributed by atoms with Gasteiger partial charge in [-0.05, 0) is 29.8 Å². The lowest BCUT2D eigenvalue weighted by Crippen LogP contribution is -2.40. The molecule has 0 bridgehead atoms. The topological polar surface area (TPSA) is 84.4 Å². The van der Waals surface area contributed by atoms with Crippen LogP contribution in [0.4, 0.5) is 15.9 Å². The van der Waals surface area contributed by atoms with Crippen molar-refractivity contribution in [3.63, 3.8) is 0 Å². The van der Waals surface area contributed by atoms with Gasteiger partial charge in [0.1, 0.15) is 15.7 Å². The third kappa shape index (κ3) is 4.01. The predicted molar refractivity (Wildman–Crippen MR) is 91.3 cm³/mol. The van der Waals surface area contributed by atoms with E-state index in [1.807, 2.05) is 0 Å². The predicted octanol–water partition coefficient (Wildman–Crippen LogP) is 2.69. The summed E-state index contributed by atoms with van der Waals surface area (Å²) in [5.74, 6) is -0.559. The van der Waals surface area contributed by atoms with E-state index >= 15 is 0 Å². The molecule has 3 rings (SSSR count). The Kier molecular flexibility index (Phi) is 5.40. The maximum absolute atomic E-state index is 13.7. The van der Waals surface area contributed by atoms with E-state index in [2.05, 4.69) is 15.3 Å². The van der Waals surface area contributed by atoms with Crippen LogP contribution in [0.2, 0.25) is 10.3 Å². The molecule has 1 aromatic carbocycles. The summed E-state index contributed by atoms with van der Waals surface area (Å²) >= 11 is 11.7. The Balaban J connectivity index is 2.02. The Labute approximate surface area is 153 Å². The van der Waals surface area contributed by atoms with Crippen molar-refractivity contribution in [3.8, 4) is 0 Å². The monoisotopic (exact) mass is 406 g/mol. The lowest BCUT2D eigenvalue weighted by atomic mass is 10.3. The third-order valence-electron chi connectivity index (χ3n) is 3.50. The Morgan fingerprint density at radius 1 is 1.24 bits per heavy atom. The maximum Gasteiger partial charge on any atom is 0.245 e. The molecule has 1 aliphatic rings. The van der Waals surface area contributed by atoms with E-state index in [4.69, 9.17) is 27.9 Å². The number of hydrogen-bond donors (Lipinski definition) is 1. The van der Waals surface area contributed by atoms with Crippen molar-refractivity contribution in [1.82, 2.24) is 14.3 Å². The number of halogens is 3. The van der Waals surface area contributed by atoms with Crippen LogP contribution in [0.15, 0.2) is 29.3 Å². The lowest BCUT2D eigenvalue weighted by Gasteiger charge is -2.27. The van der Waals surface area contributed by atoms with Crippen molar-refractivity contribution >= 4 is 44.7 Å². The van der Waals surface area contributed by atoms with E-state index in [0.717, 1.165) is 12.1 Å². The first kappa shape index (κ1) is 18.3. The number of aromatic nitrogens is 2. The minimum absolute atomic E-state index is 0.0633. The molecular formula is C14H13Cl2FN4O3S. The molecule has 0 atom stereocenters. The van der Waals surface area contributed by atoms with Crippen LogP contribution in [0.5, 0.6) is 0 Å². The Morgan fingerprint density at radius 2 is 1.96 bits per heavy atom. The molecule has 134 valence electrons. The second-order valence-corrected chi connectivity index (χ2v) is 7.77. The molecule has 1 N–H and O–H groups in total. The Hall–Kier alpha value is -1.52.